The van der Waals surface area contributed by atoms with Gasteiger partial charge >= 0.3 is 5.97 Å². The minimum atomic E-state index is -3.35. The maximum atomic E-state index is 14.4. The Hall–Kier alpha value is -2.95. The minimum Gasteiger partial charge on any atom is -0.487 e. The van der Waals surface area contributed by atoms with E-state index in [1.807, 2.05) is 64.0 Å². The summed E-state index contributed by atoms with van der Waals surface area (Å²) < 4.78 is 45.2. The molecule has 3 aromatic carbocycles. The molecule has 1 aliphatic rings. The molecule has 0 radical (unpaired) electrons. The third-order valence-electron chi connectivity index (χ3n) is 7.43. The molecule has 7 nitrogen and oxygen atoms in total. The summed E-state index contributed by atoms with van der Waals surface area (Å²) >= 11 is 0. The normalized spacial score (nSPS) is 18.5. The van der Waals surface area contributed by atoms with Gasteiger partial charge in [0.05, 0.1) is 13.0 Å². The lowest BCUT2D eigenvalue weighted by Crippen LogP contribution is -2.34. The third kappa shape index (κ3) is 6.50. The van der Waals surface area contributed by atoms with Crippen LogP contribution in [0.1, 0.15) is 59.1 Å². The molecule has 2 atom stereocenters. The summed E-state index contributed by atoms with van der Waals surface area (Å²) in [5, 5.41) is 9.89. The van der Waals surface area contributed by atoms with E-state index in [0.29, 0.717) is 35.7 Å². The highest BCUT2D eigenvalue weighted by Crippen LogP contribution is 2.57. The molecule has 0 aliphatic carbocycles. The van der Waals surface area contributed by atoms with E-state index in [2.05, 4.69) is 0 Å². The molecule has 0 aromatic heterocycles. The Morgan fingerprint density at radius 3 is 2.50 bits per heavy atom. The monoisotopic (exact) mass is 570 g/mol. The first-order valence-corrected chi connectivity index (χ1v) is 14.9. The van der Waals surface area contributed by atoms with E-state index in [1.165, 1.54) is 12.1 Å². The molecule has 1 heterocycles. The minimum absolute atomic E-state index is 0.159. The summed E-state index contributed by atoms with van der Waals surface area (Å²) in [5.41, 5.74) is 4.84. The molecule has 1 unspecified atom stereocenters. The van der Waals surface area contributed by atoms with Crippen LogP contribution in [0.5, 0.6) is 5.75 Å². The lowest BCUT2D eigenvalue weighted by atomic mass is 9.82. The van der Waals surface area contributed by atoms with Crippen molar-refractivity contribution in [2.45, 2.75) is 63.6 Å². The van der Waals surface area contributed by atoms with Crippen LogP contribution >= 0.6 is 10.8 Å². The number of nitrogens with zero attached hydrogens (tertiary/aromatic N) is 2. The van der Waals surface area contributed by atoms with Crippen LogP contribution in [0.15, 0.2) is 59.5 Å². The van der Waals surface area contributed by atoms with Crippen molar-refractivity contribution in [2.24, 2.45) is 0 Å². The van der Waals surface area contributed by atoms with Crippen molar-refractivity contribution < 1.29 is 28.1 Å². The first kappa shape index (κ1) is 30.0. The first-order chi connectivity index (χ1) is 18.9. The number of aryl methyl sites for hydroxylation is 2. The number of halogens is 1. The first-order valence-electron chi connectivity index (χ1n) is 13.4. The predicted octanol–water partition coefficient (Wildman–Crippen LogP) is 6.81. The molecule has 0 saturated carbocycles. The van der Waals surface area contributed by atoms with Gasteiger partial charge in [0.25, 0.3) is 0 Å². The van der Waals surface area contributed by atoms with Crippen LogP contribution in [-0.4, -0.2) is 56.1 Å². The van der Waals surface area contributed by atoms with E-state index in [-0.39, 0.29) is 24.9 Å². The van der Waals surface area contributed by atoms with E-state index in [0.717, 1.165) is 27.8 Å². The van der Waals surface area contributed by atoms with Crippen molar-refractivity contribution in [3.05, 3.63) is 93.8 Å². The Labute approximate surface area is 237 Å². The smallest absolute Gasteiger partial charge is 0.304 e. The van der Waals surface area contributed by atoms with Crippen molar-refractivity contribution in [2.75, 3.05) is 20.6 Å². The fourth-order valence-corrected chi connectivity index (χ4v) is 7.07. The van der Waals surface area contributed by atoms with E-state index >= 15 is 0 Å². The quantitative estimate of drug-likeness (QED) is 0.260. The van der Waals surface area contributed by atoms with Crippen molar-refractivity contribution in [1.82, 2.24) is 9.21 Å². The highest BCUT2D eigenvalue weighted by Gasteiger charge is 2.35. The second-order valence-electron chi connectivity index (χ2n) is 10.8. The van der Waals surface area contributed by atoms with E-state index in [4.69, 9.17) is 4.74 Å². The lowest BCUT2D eigenvalue weighted by molar-refractivity contribution is -0.137. The lowest BCUT2D eigenvalue weighted by Gasteiger charge is -2.42. The van der Waals surface area contributed by atoms with Crippen molar-refractivity contribution in [3.63, 3.8) is 0 Å². The highest BCUT2D eigenvalue weighted by atomic mass is 32.3. The number of rotatable bonds is 9. The highest BCUT2D eigenvalue weighted by molar-refractivity contribution is 8.22. The zero-order chi connectivity index (χ0) is 29.2. The van der Waals surface area contributed by atoms with Gasteiger partial charge in [-0.25, -0.2) is 4.39 Å². The molecule has 4 rings (SSSR count). The fraction of sp³-hybridized carbons (Fsp3) is 0.387. The Morgan fingerprint density at radius 2 is 1.82 bits per heavy atom. The maximum absolute atomic E-state index is 14.4. The number of ether oxygens (including phenoxy) is 1. The Bertz CT molecular complexity index is 1380. The van der Waals surface area contributed by atoms with Gasteiger partial charge in [-0.05, 0) is 92.0 Å². The van der Waals surface area contributed by atoms with Crippen LogP contribution < -0.4 is 4.74 Å². The summed E-state index contributed by atoms with van der Waals surface area (Å²) in [4.78, 5) is 14.4. The SMILES string of the molecule is CC[C@@H]1CN(Cc2cc(C(CC(=O)O)c3c(C)cc(F)cc3CN(C)C)ccc2C)S(O)(O)c2ccccc2O1. The maximum Gasteiger partial charge on any atom is 0.304 e. The third-order valence-corrected chi connectivity index (χ3v) is 9.36. The van der Waals surface area contributed by atoms with Crippen molar-refractivity contribution in [1.29, 1.82) is 0 Å². The Kier molecular flexibility index (Phi) is 9.22. The second kappa shape index (κ2) is 12.3. The number of para-hydroxylation sites is 1. The number of hydrogen-bond acceptors (Lipinski definition) is 6. The summed E-state index contributed by atoms with van der Waals surface area (Å²) in [6.45, 7) is 6.80. The average Bonchev–Trinajstić information content (AvgIpc) is 2.97. The van der Waals surface area contributed by atoms with Crippen LogP contribution in [-0.2, 0) is 17.9 Å². The van der Waals surface area contributed by atoms with Crippen molar-refractivity contribution >= 4 is 16.7 Å². The molecule has 3 aromatic rings. The topological polar surface area (TPSA) is 93.5 Å². The molecule has 0 bridgehead atoms. The van der Waals surface area contributed by atoms with Crippen molar-refractivity contribution in [3.8, 4) is 5.75 Å². The predicted molar refractivity (Wildman–Crippen MR) is 156 cm³/mol. The standard InChI is InChI=1S/C31H39FN2O5S/c1-6-26-19-34(40(37,38)29-10-8-7-9-28(29)39-26)18-23-14-22(12-11-20(23)2)27(16-30(35)36)31-21(3)13-25(32)15-24(31)17-33(4)5/h7-15,26-27,37-38H,6,16-19H2,1-5H3,(H,35,36)/t26-,27?/m1/s1. The zero-order valence-electron chi connectivity index (χ0n) is 23.7. The summed E-state index contributed by atoms with van der Waals surface area (Å²) in [6, 6.07) is 15.8. The molecule has 0 spiro atoms. The average molecular weight is 571 g/mol. The molecule has 3 N–H and O–H groups in total. The van der Waals surface area contributed by atoms with Crippen LogP contribution in [0.4, 0.5) is 4.39 Å². The van der Waals surface area contributed by atoms with Gasteiger partial charge in [0.1, 0.15) is 22.6 Å². The fourth-order valence-electron chi connectivity index (χ4n) is 5.45. The number of benzene rings is 3. The molecule has 40 heavy (non-hydrogen) atoms. The van der Waals surface area contributed by atoms with Gasteiger partial charge in [0.15, 0.2) is 0 Å². The Balaban J connectivity index is 1.78. The Morgan fingerprint density at radius 1 is 1.10 bits per heavy atom. The van der Waals surface area contributed by atoms with E-state index in [1.54, 1.807) is 22.5 Å². The van der Waals surface area contributed by atoms with Gasteiger partial charge < -0.3 is 14.7 Å². The molecular formula is C31H39FN2O5S. The molecule has 0 saturated heterocycles. The summed E-state index contributed by atoms with van der Waals surface area (Å²) in [6.07, 6.45) is 0.306. The van der Waals surface area contributed by atoms with E-state index < -0.39 is 22.7 Å². The molecular weight excluding hydrogens is 531 g/mol. The van der Waals surface area contributed by atoms with Gasteiger partial charge in [0, 0.05) is 19.0 Å². The van der Waals surface area contributed by atoms with E-state index in [9.17, 15) is 23.4 Å². The molecule has 9 heteroatoms. The number of carboxylic acid groups (broad SMARTS) is 1. The van der Waals surface area contributed by atoms with Crippen LogP contribution in [0.25, 0.3) is 0 Å². The van der Waals surface area contributed by atoms with Gasteiger partial charge in [-0.3, -0.25) is 13.9 Å². The largest absolute Gasteiger partial charge is 0.487 e. The molecule has 0 amide bonds. The van der Waals surface area contributed by atoms with Crippen LogP contribution in [0, 0.1) is 19.7 Å². The van der Waals surface area contributed by atoms with Gasteiger partial charge in [-0.1, -0.05) is 37.3 Å². The number of carboxylic acids is 1. The molecule has 1 aliphatic heterocycles. The van der Waals surface area contributed by atoms with Crippen LogP contribution in [0.2, 0.25) is 0 Å². The number of fused-ring (bicyclic) bond motifs is 1. The summed E-state index contributed by atoms with van der Waals surface area (Å²) in [5.74, 6) is -1.34. The number of aliphatic carboxylic acids is 1. The molecule has 216 valence electrons. The van der Waals surface area contributed by atoms with Gasteiger partial charge in [-0.15, -0.1) is 10.8 Å². The number of hydrogen-bond donors (Lipinski definition) is 3. The van der Waals surface area contributed by atoms with Crippen LogP contribution in [0.3, 0.4) is 0 Å². The number of carbonyl (C=O) groups is 1. The molecule has 0 fully saturated rings. The van der Waals surface area contributed by atoms with Gasteiger partial charge in [-0.2, -0.15) is 4.31 Å². The van der Waals surface area contributed by atoms with Gasteiger partial charge in [0.2, 0.25) is 0 Å². The second-order valence-corrected chi connectivity index (χ2v) is 12.8. The summed E-state index contributed by atoms with van der Waals surface area (Å²) in [7, 11) is 0.442. The zero-order valence-corrected chi connectivity index (χ0v) is 24.5.